The lowest BCUT2D eigenvalue weighted by Crippen LogP contribution is -2.30. The van der Waals surface area contributed by atoms with E-state index in [1.54, 1.807) is 17.2 Å². The van der Waals surface area contributed by atoms with E-state index in [2.05, 4.69) is 5.32 Å². The summed E-state index contributed by atoms with van der Waals surface area (Å²) in [5.74, 6) is 0.767. The summed E-state index contributed by atoms with van der Waals surface area (Å²) in [4.78, 5) is 14.2. The van der Waals surface area contributed by atoms with E-state index >= 15 is 0 Å². The number of para-hydroxylation sites is 1. The summed E-state index contributed by atoms with van der Waals surface area (Å²) in [7, 11) is 0. The van der Waals surface area contributed by atoms with Crippen molar-refractivity contribution in [3.63, 3.8) is 0 Å². The Kier molecular flexibility index (Phi) is 3.92. The molecule has 1 fully saturated rings. The fourth-order valence-corrected chi connectivity index (χ4v) is 2.52. The van der Waals surface area contributed by atoms with Crippen molar-refractivity contribution < 1.29 is 14.3 Å². The predicted molar refractivity (Wildman–Crippen MR) is 79.0 cm³/mol. The highest BCUT2D eigenvalue weighted by atomic mass is 16.3. The first kappa shape index (κ1) is 13.7. The number of hydrogen-bond acceptors (Lipinski definition) is 4. The second-order valence-electron chi connectivity index (χ2n) is 5.17. The molecule has 1 amide bonds. The van der Waals surface area contributed by atoms with E-state index in [0.717, 1.165) is 11.4 Å². The minimum Gasteiger partial charge on any atom is -0.467 e. The molecule has 0 spiro atoms. The quantitative estimate of drug-likeness (QED) is 0.903. The van der Waals surface area contributed by atoms with E-state index in [-0.39, 0.29) is 5.91 Å². The molecule has 1 atom stereocenters. The number of rotatable bonds is 4. The van der Waals surface area contributed by atoms with Crippen molar-refractivity contribution in [2.45, 2.75) is 19.1 Å². The van der Waals surface area contributed by atoms with Crippen LogP contribution in [0.3, 0.4) is 0 Å². The normalized spacial score (nSPS) is 18.0. The number of amides is 1. The predicted octanol–water partition coefficient (Wildman–Crippen LogP) is 2.10. The number of likely N-dealkylation sites (tertiary alicyclic amines) is 1. The number of furan rings is 1. The van der Waals surface area contributed by atoms with Crippen LogP contribution in [0.5, 0.6) is 0 Å². The molecule has 21 heavy (non-hydrogen) atoms. The molecule has 0 bridgehead atoms. The summed E-state index contributed by atoms with van der Waals surface area (Å²) in [6.07, 6.45) is 1.87. The maximum absolute atomic E-state index is 12.5. The van der Waals surface area contributed by atoms with Gasteiger partial charge in [0.1, 0.15) is 5.76 Å². The largest absolute Gasteiger partial charge is 0.467 e. The molecule has 5 nitrogen and oxygen atoms in total. The van der Waals surface area contributed by atoms with Crippen LogP contribution >= 0.6 is 0 Å². The first-order valence-electron chi connectivity index (χ1n) is 7.06. The number of aliphatic hydroxyl groups is 1. The van der Waals surface area contributed by atoms with E-state index < -0.39 is 6.10 Å². The van der Waals surface area contributed by atoms with Gasteiger partial charge >= 0.3 is 0 Å². The van der Waals surface area contributed by atoms with E-state index in [9.17, 15) is 9.90 Å². The first-order chi connectivity index (χ1) is 10.2. The van der Waals surface area contributed by atoms with Gasteiger partial charge < -0.3 is 19.7 Å². The summed E-state index contributed by atoms with van der Waals surface area (Å²) in [6, 6.07) is 11.1. The Morgan fingerprint density at radius 3 is 2.90 bits per heavy atom. The maximum Gasteiger partial charge on any atom is 0.256 e. The van der Waals surface area contributed by atoms with Gasteiger partial charge in [-0.15, -0.1) is 0 Å². The van der Waals surface area contributed by atoms with Crippen molar-refractivity contribution in [3.05, 3.63) is 54.0 Å². The van der Waals surface area contributed by atoms with Gasteiger partial charge in [0.15, 0.2) is 0 Å². The SMILES string of the molecule is O=C(c1ccccc1NCc1ccco1)N1CC[C@@H](O)C1. The third-order valence-electron chi connectivity index (χ3n) is 3.64. The molecular weight excluding hydrogens is 268 g/mol. The van der Waals surface area contributed by atoms with Gasteiger partial charge in [0, 0.05) is 18.8 Å². The van der Waals surface area contributed by atoms with Crippen LogP contribution in [0.15, 0.2) is 47.1 Å². The number of hydrogen-bond donors (Lipinski definition) is 2. The van der Waals surface area contributed by atoms with Gasteiger partial charge in [-0.25, -0.2) is 0 Å². The van der Waals surface area contributed by atoms with Crippen molar-refractivity contribution in [1.29, 1.82) is 0 Å². The molecule has 110 valence electrons. The topological polar surface area (TPSA) is 65.7 Å². The molecule has 1 aromatic heterocycles. The Hall–Kier alpha value is -2.27. The minimum absolute atomic E-state index is 0.0471. The average Bonchev–Trinajstić information content (AvgIpc) is 3.16. The molecule has 1 aromatic carbocycles. The molecule has 2 heterocycles. The van der Waals surface area contributed by atoms with Gasteiger partial charge in [-0.2, -0.15) is 0 Å². The highest BCUT2D eigenvalue weighted by Crippen LogP contribution is 2.21. The molecule has 5 heteroatoms. The van der Waals surface area contributed by atoms with Crippen molar-refractivity contribution in [2.24, 2.45) is 0 Å². The average molecular weight is 286 g/mol. The Morgan fingerprint density at radius 2 is 2.19 bits per heavy atom. The third-order valence-corrected chi connectivity index (χ3v) is 3.64. The molecule has 1 aliphatic heterocycles. The molecule has 1 saturated heterocycles. The van der Waals surface area contributed by atoms with Gasteiger partial charge in [0.05, 0.1) is 24.5 Å². The number of aliphatic hydroxyl groups excluding tert-OH is 1. The molecule has 0 unspecified atom stereocenters. The molecule has 0 radical (unpaired) electrons. The van der Waals surface area contributed by atoms with Crippen molar-refractivity contribution in [3.8, 4) is 0 Å². The first-order valence-corrected chi connectivity index (χ1v) is 7.06. The molecule has 2 N–H and O–H groups in total. The van der Waals surface area contributed by atoms with Crippen molar-refractivity contribution in [1.82, 2.24) is 4.90 Å². The number of β-amino-alcohol motifs (C(OH)–C–C–N with tert-alkyl or cyclic N) is 1. The molecule has 3 rings (SSSR count). The van der Waals surface area contributed by atoms with Crippen LogP contribution in [0.25, 0.3) is 0 Å². The maximum atomic E-state index is 12.5. The Bertz CT molecular complexity index is 610. The van der Waals surface area contributed by atoms with Crippen molar-refractivity contribution >= 4 is 11.6 Å². The highest BCUT2D eigenvalue weighted by molar-refractivity contribution is 5.99. The standard InChI is InChI=1S/C16H18N2O3/c19-12-7-8-18(11-12)16(20)14-5-1-2-6-15(14)17-10-13-4-3-9-21-13/h1-6,9,12,17,19H,7-8,10-11H2/t12-/m1/s1. The zero-order valence-electron chi connectivity index (χ0n) is 11.7. The summed E-state index contributed by atoms with van der Waals surface area (Å²) >= 11 is 0. The van der Waals surface area contributed by atoms with E-state index in [1.165, 1.54) is 0 Å². The van der Waals surface area contributed by atoms with E-state index in [0.29, 0.717) is 31.6 Å². The minimum atomic E-state index is -0.405. The van der Waals surface area contributed by atoms with Crippen molar-refractivity contribution in [2.75, 3.05) is 18.4 Å². The second-order valence-corrected chi connectivity index (χ2v) is 5.17. The second kappa shape index (κ2) is 6.01. The summed E-state index contributed by atoms with van der Waals surface area (Å²) in [6.45, 7) is 1.54. The van der Waals surface area contributed by atoms with Crippen LogP contribution in [0, 0.1) is 0 Å². The smallest absolute Gasteiger partial charge is 0.256 e. The Balaban J connectivity index is 1.74. The van der Waals surface area contributed by atoms with Crippen LogP contribution < -0.4 is 5.32 Å². The number of carbonyl (C=O) groups excluding carboxylic acids is 1. The molecule has 0 aliphatic carbocycles. The lowest BCUT2D eigenvalue weighted by Gasteiger charge is -2.18. The monoisotopic (exact) mass is 286 g/mol. The molecule has 0 saturated carbocycles. The van der Waals surface area contributed by atoms with Gasteiger partial charge in [0.2, 0.25) is 0 Å². The Morgan fingerprint density at radius 1 is 1.33 bits per heavy atom. The molecular formula is C16H18N2O3. The fraction of sp³-hybridized carbons (Fsp3) is 0.312. The summed E-state index contributed by atoms with van der Waals surface area (Å²) < 4.78 is 5.28. The highest BCUT2D eigenvalue weighted by Gasteiger charge is 2.26. The zero-order chi connectivity index (χ0) is 14.7. The Labute approximate surface area is 123 Å². The van der Waals surface area contributed by atoms with Crippen LogP contribution in [0.2, 0.25) is 0 Å². The van der Waals surface area contributed by atoms with E-state index in [1.807, 2.05) is 30.3 Å². The number of nitrogens with one attached hydrogen (secondary N) is 1. The van der Waals surface area contributed by atoms with Crippen LogP contribution in [0.4, 0.5) is 5.69 Å². The number of carbonyl (C=O) groups is 1. The van der Waals surface area contributed by atoms with Gasteiger partial charge in [-0.3, -0.25) is 4.79 Å². The lowest BCUT2D eigenvalue weighted by molar-refractivity contribution is 0.0766. The van der Waals surface area contributed by atoms with Crippen LogP contribution in [0.1, 0.15) is 22.5 Å². The zero-order valence-corrected chi connectivity index (χ0v) is 11.7. The van der Waals surface area contributed by atoms with Crippen LogP contribution in [-0.4, -0.2) is 35.1 Å². The number of anilines is 1. The molecule has 1 aliphatic rings. The van der Waals surface area contributed by atoms with Crippen LogP contribution in [-0.2, 0) is 6.54 Å². The number of benzene rings is 1. The third kappa shape index (κ3) is 3.08. The summed E-state index contributed by atoms with van der Waals surface area (Å²) in [5.41, 5.74) is 1.40. The number of nitrogens with zero attached hydrogens (tertiary/aromatic N) is 1. The lowest BCUT2D eigenvalue weighted by atomic mass is 10.1. The van der Waals surface area contributed by atoms with E-state index in [4.69, 9.17) is 4.42 Å². The fourth-order valence-electron chi connectivity index (χ4n) is 2.52. The molecule has 2 aromatic rings. The van der Waals surface area contributed by atoms with Gasteiger partial charge in [-0.1, -0.05) is 12.1 Å². The summed E-state index contributed by atoms with van der Waals surface area (Å²) in [5, 5.41) is 12.8. The van der Waals surface area contributed by atoms with Gasteiger partial charge in [0.25, 0.3) is 5.91 Å². The van der Waals surface area contributed by atoms with Gasteiger partial charge in [-0.05, 0) is 30.7 Å².